The van der Waals surface area contributed by atoms with Gasteiger partial charge in [-0.05, 0) is 30.3 Å². The van der Waals surface area contributed by atoms with Crippen LogP contribution >= 0.6 is 0 Å². The molecule has 1 aromatic heterocycles. The molecule has 1 fully saturated rings. The van der Waals surface area contributed by atoms with Gasteiger partial charge in [0.2, 0.25) is 0 Å². The lowest BCUT2D eigenvalue weighted by atomic mass is 9.93. The number of rotatable bonds is 3. The molecule has 1 aromatic carbocycles. The first kappa shape index (κ1) is 17.4. The molecule has 7 heteroatoms. The minimum absolute atomic E-state index is 0.00631. The number of alkyl halides is 3. The number of amides is 1. The molecule has 2 unspecified atom stereocenters. The molecule has 1 aliphatic rings. The van der Waals surface area contributed by atoms with Crippen LogP contribution in [0.2, 0.25) is 0 Å². The highest BCUT2D eigenvalue weighted by Crippen LogP contribution is 2.33. The number of likely N-dealkylation sites (tertiary alicyclic amines) is 1. The average molecular weight is 350 g/mol. The van der Waals surface area contributed by atoms with E-state index in [1.807, 2.05) is 12.1 Å². The van der Waals surface area contributed by atoms with Crippen LogP contribution in [0.15, 0.2) is 48.7 Å². The van der Waals surface area contributed by atoms with Crippen LogP contribution in [-0.4, -0.2) is 40.6 Å². The topological polar surface area (TPSA) is 53.4 Å². The van der Waals surface area contributed by atoms with E-state index in [4.69, 9.17) is 0 Å². The number of aliphatic hydroxyl groups excluding tert-OH is 1. The van der Waals surface area contributed by atoms with Crippen molar-refractivity contribution >= 4 is 5.91 Å². The molecular formula is C18H17F3N2O2. The van der Waals surface area contributed by atoms with Crippen LogP contribution < -0.4 is 0 Å². The van der Waals surface area contributed by atoms with Crippen molar-refractivity contribution in [2.75, 3.05) is 19.7 Å². The molecule has 0 aliphatic carbocycles. The second-order valence-electron chi connectivity index (χ2n) is 6.09. The van der Waals surface area contributed by atoms with E-state index in [9.17, 15) is 23.1 Å². The van der Waals surface area contributed by atoms with Gasteiger partial charge in [-0.2, -0.15) is 13.2 Å². The van der Waals surface area contributed by atoms with Gasteiger partial charge in [-0.15, -0.1) is 0 Å². The number of hydrogen-bond donors (Lipinski definition) is 1. The monoisotopic (exact) mass is 350 g/mol. The standard InChI is InChI=1S/C18H17F3N2O2/c19-18(20,21)14-5-3-4-12(8-14)17(25)23-9-13(11-24)15(10-23)16-6-1-2-7-22-16/h1-8,13,15,24H,9-11H2. The van der Waals surface area contributed by atoms with Gasteiger partial charge in [-0.3, -0.25) is 9.78 Å². The van der Waals surface area contributed by atoms with Crippen molar-refractivity contribution < 1.29 is 23.1 Å². The normalized spacial score (nSPS) is 20.7. The maximum atomic E-state index is 12.8. The Morgan fingerprint density at radius 1 is 1.20 bits per heavy atom. The van der Waals surface area contributed by atoms with Crippen molar-refractivity contribution in [2.45, 2.75) is 12.1 Å². The number of nitrogens with zero attached hydrogens (tertiary/aromatic N) is 2. The minimum atomic E-state index is -4.49. The summed E-state index contributed by atoms with van der Waals surface area (Å²) in [4.78, 5) is 18.4. The van der Waals surface area contributed by atoms with Gasteiger partial charge in [0.1, 0.15) is 0 Å². The number of carbonyl (C=O) groups excluding carboxylic acids is 1. The van der Waals surface area contributed by atoms with Crippen LogP contribution in [0.1, 0.15) is 27.5 Å². The van der Waals surface area contributed by atoms with Crippen molar-refractivity contribution in [1.29, 1.82) is 0 Å². The van der Waals surface area contributed by atoms with Crippen molar-refractivity contribution in [3.05, 3.63) is 65.5 Å². The third-order valence-corrected chi connectivity index (χ3v) is 4.47. The molecule has 1 N–H and O–H groups in total. The van der Waals surface area contributed by atoms with Crippen LogP contribution in [0, 0.1) is 5.92 Å². The van der Waals surface area contributed by atoms with Gasteiger partial charge in [0.25, 0.3) is 5.91 Å². The first-order valence-electron chi connectivity index (χ1n) is 7.88. The molecule has 0 radical (unpaired) electrons. The minimum Gasteiger partial charge on any atom is -0.396 e. The molecule has 4 nitrogen and oxygen atoms in total. The zero-order valence-corrected chi connectivity index (χ0v) is 13.3. The fourth-order valence-electron chi connectivity index (χ4n) is 3.16. The molecule has 0 spiro atoms. The number of carbonyl (C=O) groups is 1. The molecule has 25 heavy (non-hydrogen) atoms. The molecule has 132 valence electrons. The molecule has 2 heterocycles. The van der Waals surface area contributed by atoms with Crippen molar-refractivity contribution in [3.63, 3.8) is 0 Å². The van der Waals surface area contributed by atoms with Gasteiger partial charge in [0, 0.05) is 49.0 Å². The van der Waals surface area contributed by atoms with E-state index in [0.29, 0.717) is 6.54 Å². The van der Waals surface area contributed by atoms with Gasteiger partial charge in [-0.25, -0.2) is 0 Å². The zero-order valence-electron chi connectivity index (χ0n) is 13.3. The Balaban J connectivity index is 1.82. The Labute approximate surface area is 142 Å². The van der Waals surface area contributed by atoms with E-state index in [2.05, 4.69) is 4.98 Å². The van der Waals surface area contributed by atoms with Crippen LogP contribution in [-0.2, 0) is 6.18 Å². The molecule has 1 aliphatic heterocycles. The molecule has 3 rings (SSSR count). The third-order valence-electron chi connectivity index (χ3n) is 4.47. The van der Waals surface area contributed by atoms with E-state index in [1.54, 1.807) is 12.3 Å². The van der Waals surface area contributed by atoms with E-state index < -0.39 is 17.6 Å². The summed E-state index contributed by atoms with van der Waals surface area (Å²) >= 11 is 0. The SMILES string of the molecule is O=C(c1cccc(C(F)(F)F)c1)N1CC(CO)C(c2ccccn2)C1. The summed E-state index contributed by atoms with van der Waals surface area (Å²) < 4.78 is 38.5. The lowest BCUT2D eigenvalue weighted by Gasteiger charge is -2.17. The quantitative estimate of drug-likeness (QED) is 0.926. The third kappa shape index (κ3) is 3.66. The summed E-state index contributed by atoms with van der Waals surface area (Å²) in [5.74, 6) is -0.798. The maximum Gasteiger partial charge on any atom is 0.416 e. The lowest BCUT2D eigenvalue weighted by Crippen LogP contribution is -2.29. The Bertz CT molecular complexity index is 749. The number of hydrogen-bond acceptors (Lipinski definition) is 3. The van der Waals surface area contributed by atoms with Crippen LogP contribution in [0.25, 0.3) is 0 Å². The second-order valence-corrected chi connectivity index (χ2v) is 6.09. The molecule has 1 saturated heterocycles. The Morgan fingerprint density at radius 2 is 2.00 bits per heavy atom. The molecular weight excluding hydrogens is 333 g/mol. The first-order chi connectivity index (χ1) is 11.9. The number of aromatic nitrogens is 1. The predicted molar refractivity (Wildman–Crippen MR) is 84.9 cm³/mol. The molecule has 2 atom stereocenters. The predicted octanol–water partition coefficient (Wildman–Crippen LogP) is 2.95. The smallest absolute Gasteiger partial charge is 0.396 e. The molecule has 1 amide bonds. The van der Waals surface area contributed by atoms with Crippen LogP contribution in [0.4, 0.5) is 13.2 Å². The van der Waals surface area contributed by atoms with Gasteiger partial charge in [-0.1, -0.05) is 12.1 Å². The average Bonchev–Trinajstić information content (AvgIpc) is 3.05. The maximum absolute atomic E-state index is 12.8. The van der Waals surface area contributed by atoms with Crippen LogP contribution in [0.5, 0.6) is 0 Å². The van der Waals surface area contributed by atoms with Gasteiger partial charge in [0.15, 0.2) is 0 Å². The number of pyridine rings is 1. The fourth-order valence-corrected chi connectivity index (χ4v) is 3.16. The second kappa shape index (κ2) is 6.84. The zero-order chi connectivity index (χ0) is 18.0. The summed E-state index contributed by atoms with van der Waals surface area (Å²) in [7, 11) is 0. The van der Waals surface area contributed by atoms with Crippen molar-refractivity contribution in [3.8, 4) is 0 Å². The molecule has 0 bridgehead atoms. The molecule has 0 saturated carbocycles. The van der Waals surface area contributed by atoms with E-state index in [0.717, 1.165) is 17.8 Å². The highest BCUT2D eigenvalue weighted by atomic mass is 19.4. The Morgan fingerprint density at radius 3 is 2.64 bits per heavy atom. The number of halogens is 3. The summed E-state index contributed by atoms with van der Waals surface area (Å²) in [6.45, 7) is 0.484. The largest absolute Gasteiger partial charge is 0.416 e. The molecule has 2 aromatic rings. The Hall–Kier alpha value is -2.41. The Kier molecular flexibility index (Phi) is 4.76. The van der Waals surface area contributed by atoms with E-state index in [-0.39, 0.29) is 30.6 Å². The van der Waals surface area contributed by atoms with Crippen LogP contribution in [0.3, 0.4) is 0 Å². The summed E-state index contributed by atoms with van der Waals surface area (Å²) in [5.41, 5.74) is -0.0911. The highest BCUT2D eigenvalue weighted by molar-refractivity contribution is 5.94. The summed E-state index contributed by atoms with van der Waals surface area (Å²) in [6, 6.07) is 9.83. The van der Waals surface area contributed by atoms with Gasteiger partial charge >= 0.3 is 6.18 Å². The number of benzene rings is 1. The highest BCUT2D eigenvalue weighted by Gasteiger charge is 2.37. The lowest BCUT2D eigenvalue weighted by molar-refractivity contribution is -0.137. The first-order valence-corrected chi connectivity index (χ1v) is 7.88. The van der Waals surface area contributed by atoms with Crippen molar-refractivity contribution in [1.82, 2.24) is 9.88 Å². The van der Waals surface area contributed by atoms with Crippen molar-refractivity contribution in [2.24, 2.45) is 5.92 Å². The van der Waals surface area contributed by atoms with E-state index in [1.165, 1.54) is 17.0 Å². The summed E-state index contributed by atoms with van der Waals surface area (Å²) in [5, 5.41) is 9.60. The number of aliphatic hydroxyl groups is 1. The van der Waals surface area contributed by atoms with E-state index >= 15 is 0 Å². The van der Waals surface area contributed by atoms with Gasteiger partial charge in [0.05, 0.1) is 5.56 Å². The summed E-state index contributed by atoms with van der Waals surface area (Å²) in [6.07, 6.45) is -2.85. The van der Waals surface area contributed by atoms with Gasteiger partial charge < -0.3 is 10.0 Å². The fraction of sp³-hybridized carbons (Fsp3) is 0.333.